The second-order valence-electron chi connectivity index (χ2n) is 8.90. The van der Waals surface area contributed by atoms with Crippen LogP contribution in [-0.4, -0.2) is 47.7 Å². The summed E-state index contributed by atoms with van der Waals surface area (Å²) in [6.07, 6.45) is 5.92. The molecule has 1 aliphatic carbocycles. The number of carbonyl (C=O) groups is 1. The molecule has 0 amide bonds. The number of aliphatic hydroxyl groups is 1. The molecule has 6 nitrogen and oxygen atoms in total. The third kappa shape index (κ3) is 5.61. The Bertz CT molecular complexity index is 881. The van der Waals surface area contributed by atoms with Gasteiger partial charge in [0.2, 0.25) is 0 Å². The summed E-state index contributed by atoms with van der Waals surface area (Å²) in [5.41, 5.74) is 1.05. The summed E-state index contributed by atoms with van der Waals surface area (Å²) in [6, 6.07) is 15.5. The highest BCUT2D eigenvalue weighted by Crippen LogP contribution is 2.34. The quantitative estimate of drug-likeness (QED) is 0.572. The Labute approximate surface area is 189 Å². The van der Waals surface area contributed by atoms with Gasteiger partial charge in [-0.15, -0.1) is 0 Å². The van der Waals surface area contributed by atoms with Gasteiger partial charge in [0.1, 0.15) is 30.8 Å². The van der Waals surface area contributed by atoms with Gasteiger partial charge in [0.25, 0.3) is 0 Å². The van der Waals surface area contributed by atoms with E-state index in [0.29, 0.717) is 31.1 Å². The largest absolute Gasteiger partial charge is 0.491 e. The Morgan fingerprint density at radius 1 is 1.03 bits per heavy atom. The van der Waals surface area contributed by atoms with Crippen LogP contribution in [0.2, 0.25) is 0 Å². The van der Waals surface area contributed by atoms with Crippen LogP contribution in [0.3, 0.4) is 0 Å². The molecule has 0 bridgehead atoms. The molecule has 32 heavy (non-hydrogen) atoms. The molecule has 0 aromatic heterocycles. The van der Waals surface area contributed by atoms with Gasteiger partial charge in [0.05, 0.1) is 0 Å². The van der Waals surface area contributed by atoms with Crippen LogP contribution in [0.1, 0.15) is 55.6 Å². The van der Waals surface area contributed by atoms with Gasteiger partial charge in [0, 0.05) is 13.0 Å². The molecule has 2 fully saturated rings. The van der Waals surface area contributed by atoms with Gasteiger partial charge in [-0.3, -0.25) is 0 Å². The lowest BCUT2D eigenvalue weighted by Gasteiger charge is -2.23. The number of hydrogen-bond donors (Lipinski definition) is 2. The van der Waals surface area contributed by atoms with E-state index in [2.05, 4.69) is 12.1 Å². The Morgan fingerprint density at radius 3 is 2.41 bits per heavy atom. The van der Waals surface area contributed by atoms with E-state index in [-0.39, 0.29) is 13.2 Å². The van der Waals surface area contributed by atoms with Crippen LogP contribution >= 0.6 is 0 Å². The number of carboxylic acids is 1. The van der Waals surface area contributed by atoms with Crippen molar-refractivity contribution in [1.29, 1.82) is 0 Å². The molecule has 1 heterocycles. The fourth-order valence-corrected chi connectivity index (χ4v) is 4.68. The molecular formula is C26H32O6. The minimum absolute atomic E-state index is 0.0875. The van der Waals surface area contributed by atoms with Gasteiger partial charge in [-0.05, 0) is 67.0 Å². The molecule has 1 saturated carbocycles. The summed E-state index contributed by atoms with van der Waals surface area (Å²) in [7, 11) is 0. The maximum absolute atomic E-state index is 11.7. The van der Waals surface area contributed by atoms with E-state index in [1.165, 1.54) is 31.2 Å². The number of aliphatic hydroxyl groups excluding tert-OH is 1. The fourth-order valence-electron chi connectivity index (χ4n) is 4.68. The van der Waals surface area contributed by atoms with E-state index in [9.17, 15) is 15.0 Å². The average Bonchev–Trinajstić information content (AvgIpc) is 3.50. The number of ether oxygens (including phenoxy) is 3. The van der Waals surface area contributed by atoms with Crippen molar-refractivity contribution in [3.05, 3.63) is 59.7 Å². The second-order valence-corrected chi connectivity index (χ2v) is 8.90. The predicted octanol–water partition coefficient (Wildman–Crippen LogP) is 4.34. The molecule has 2 atom stereocenters. The molecule has 4 rings (SSSR count). The summed E-state index contributed by atoms with van der Waals surface area (Å²) < 4.78 is 17.0. The molecule has 6 heteroatoms. The van der Waals surface area contributed by atoms with E-state index in [0.717, 1.165) is 17.7 Å². The maximum atomic E-state index is 11.7. The van der Waals surface area contributed by atoms with Crippen molar-refractivity contribution in [2.75, 3.05) is 19.8 Å². The zero-order chi connectivity index (χ0) is 22.4. The molecule has 2 aliphatic rings. The van der Waals surface area contributed by atoms with Crippen molar-refractivity contribution in [2.24, 2.45) is 0 Å². The number of benzene rings is 2. The highest BCUT2D eigenvalue weighted by Gasteiger charge is 2.42. The molecule has 2 aromatic carbocycles. The van der Waals surface area contributed by atoms with Crippen molar-refractivity contribution < 1.29 is 29.2 Å². The van der Waals surface area contributed by atoms with Crippen LogP contribution in [0.25, 0.3) is 0 Å². The Hall–Kier alpha value is -2.57. The van der Waals surface area contributed by atoms with Crippen LogP contribution in [0.5, 0.6) is 11.5 Å². The molecule has 1 unspecified atom stereocenters. The van der Waals surface area contributed by atoms with E-state index >= 15 is 0 Å². The summed E-state index contributed by atoms with van der Waals surface area (Å²) >= 11 is 0. The first-order valence-corrected chi connectivity index (χ1v) is 11.5. The SMILES string of the molecule is O=C(O)C1(Cc2cccc(OC[C@@H](O)COc3ccc(C4CCCC4)cc3)c2)CCCO1. The molecule has 172 valence electrons. The molecule has 0 radical (unpaired) electrons. The Kier molecular flexibility index (Phi) is 7.33. The van der Waals surface area contributed by atoms with E-state index in [4.69, 9.17) is 14.2 Å². The van der Waals surface area contributed by atoms with Crippen molar-refractivity contribution in [2.45, 2.75) is 62.6 Å². The zero-order valence-electron chi connectivity index (χ0n) is 18.4. The summed E-state index contributed by atoms with van der Waals surface area (Å²) in [5.74, 6) is 1.07. The standard InChI is InChI=1S/C26H32O6/c27-22(17-30-23-11-9-21(10-12-23)20-6-1-2-7-20)18-31-24-8-3-5-19(15-24)16-26(25(28)29)13-4-14-32-26/h3,5,8-12,15,20,22,27H,1-2,4,6-7,13-14,16-18H2,(H,28,29)/t22-,26?/m0/s1. The highest BCUT2D eigenvalue weighted by atomic mass is 16.5. The van der Waals surface area contributed by atoms with Crippen molar-refractivity contribution in [3.8, 4) is 11.5 Å². The third-order valence-electron chi connectivity index (χ3n) is 6.47. The minimum Gasteiger partial charge on any atom is -0.491 e. The van der Waals surface area contributed by atoms with Crippen molar-refractivity contribution >= 4 is 5.97 Å². The van der Waals surface area contributed by atoms with Crippen LogP contribution in [0, 0.1) is 0 Å². The average molecular weight is 441 g/mol. The van der Waals surface area contributed by atoms with E-state index in [1.807, 2.05) is 30.3 Å². The number of aliphatic carboxylic acids is 1. The van der Waals surface area contributed by atoms with Gasteiger partial charge in [0.15, 0.2) is 5.60 Å². The highest BCUT2D eigenvalue weighted by molar-refractivity contribution is 5.78. The lowest BCUT2D eigenvalue weighted by Crippen LogP contribution is -2.40. The van der Waals surface area contributed by atoms with E-state index in [1.54, 1.807) is 6.07 Å². The smallest absolute Gasteiger partial charge is 0.336 e. The first-order valence-electron chi connectivity index (χ1n) is 11.5. The van der Waals surface area contributed by atoms with Crippen LogP contribution < -0.4 is 9.47 Å². The maximum Gasteiger partial charge on any atom is 0.336 e. The molecule has 0 spiro atoms. The third-order valence-corrected chi connectivity index (χ3v) is 6.47. The van der Waals surface area contributed by atoms with Crippen LogP contribution in [0.4, 0.5) is 0 Å². The lowest BCUT2D eigenvalue weighted by atomic mass is 9.91. The number of hydrogen-bond acceptors (Lipinski definition) is 5. The fraction of sp³-hybridized carbons (Fsp3) is 0.500. The van der Waals surface area contributed by atoms with Crippen LogP contribution in [0.15, 0.2) is 48.5 Å². The summed E-state index contributed by atoms with van der Waals surface area (Å²) in [6.45, 7) is 0.695. The normalized spacial score (nSPS) is 22.0. The zero-order valence-corrected chi connectivity index (χ0v) is 18.4. The molecule has 2 N–H and O–H groups in total. The van der Waals surface area contributed by atoms with Gasteiger partial charge < -0.3 is 24.4 Å². The minimum atomic E-state index is -1.15. The monoisotopic (exact) mass is 440 g/mol. The van der Waals surface area contributed by atoms with Gasteiger partial charge in [-0.2, -0.15) is 0 Å². The summed E-state index contributed by atoms with van der Waals surface area (Å²) in [4.78, 5) is 11.7. The Morgan fingerprint density at radius 2 is 1.75 bits per heavy atom. The van der Waals surface area contributed by atoms with Gasteiger partial charge in [-0.25, -0.2) is 4.79 Å². The molecule has 1 saturated heterocycles. The lowest BCUT2D eigenvalue weighted by molar-refractivity contribution is -0.159. The number of carboxylic acid groups (broad SMARTS) is 1. The topological polar surface area (TPSA) is 85.2 Å². The van der Waals surface area contributed by atoms with Gasteiger partial charge in [-0.1, -0.05) is 37.1 Å². The van der Waals surface area contributed by atoms with Crippen LogP contribution in [-0.2, 0) is 16.0 Å². The first-order chi connectivity index (χ1) is 15.5. The van der Waals surface area contributed by atoms with E-state index < -0.39 is 17.7 Å². The Balaban J connectivity index is 1.24. The molecule has 1 aliphatic heterocycles. The van der Waals surface area contributed by atoms with Crippen molar-refractivity contribution in [1.82, 2.24) is 0 Å². The molecule has 2 aromatic rings. The molecular weight excluding hydrogens is 408 g/mol. The predicted molar refractivity (Wildman–Crippen MR) is 120 cm³/mol. The van der Waals surface area contributed by atoms with Gasteiger partial charge >= 0.3 is 5.97 Å². The number of rotatable bonds is 10. The van der Waals surface area contributed by atoms with Crippen molar-refractivity contribution in [3.63, 3.8) is 0 Å². The second kappa shape index (κ2) is 10.4. The summed E-state index contributed by atoms with van der Waals surface area (Å²) in [5, 5.41) is 19.9. The first kappa shape index (κ1) is 22.6.